The molecule has 64 valence electrons. The molecule has 0 saturated carbocycles. The van der Waals surface area contributed by atoms with Crippen molar-refractivity contribution in [1.82, 2.24) is 4.98 Å². The summed E-state index contributed by atoms with van der Waals surface area (Å²) in [4.78, 5) is 4.04. The lowest BCUT2D eigenvalue weighted by molar-refractivity contribution is 0.175. The largest absolute Gasteiger partial charge is 0.454 e. The van der Waals surface area contributed by atoms with Gasteiger partial charge in [-0.3, -0.25) is 4.98 Å². The highest BCUT2D eigenvalue weighted by Crippen LogP contribution is 2.38. The Morgan fingerprint density at radius 1 is 1.15 bits per heavy atom. The van der Waals surface area contributed by atoms with Crippen LogP contribution in [0.1, 0.15) is 0 Å². The van der Waals surface area contributed by atoms with Crippen LogP contribution in [0.25, 0.3) is 10.8 Å². The maximum absolute atomic E-state index is 5.36. The van der Waals surface area contributed by atoms with E-state index in [1.165, 1.54) is 0 Å². The van der Waals surface area contributed by atoms with E-state index in [0.29, 0.717) is 6.79 Å². The quantitative estimate of drug-likeness (QED) is 0.610. The van der Waals surface area contributed by atoms with Crippen LogP contribution in [0.5, 0.6) is 11.5 Å². The molecule has 1 aromatic heterocycles. The topological polar surface area (TPSA) is 31.4 Å². The summed E-state index contributed by atoms with van der Waals surface area (Å²) in [5.74, 6) is 1.65. The van der Waals surface area contributed by atoms with Gasteiger partial charge < -0.3 is 9.47 Å². The van der Waals surface area contributed by atoms with Gasteiger partial charge in [0.1, 0.15) is 0 Å². The molecule has 0 radical (unpaired) electrons. The first-order chi connectivity index (χ1) is 6.45. The van der Waals surface area contributed by atoms with Crippen LogP contribution in [0.2, 0.25) is 0 Å². The van der Waals surface area contributed by atoms with Gasteiger partial charge in [0.25, 0.3) is 0 Å². The molecule has 0 spiro atoms. The molecule has 0 aliphatic carbocycles. The number of nitrogens with zero attached hydrogens (tertiary/aromatic N) is 1. The van der Waals surface area contributed by atoms with Crippen LogP contribution in [0, 0.1) is 0 Å². The van der Waals surface area contributed by atoms with Crippen molar-refractivity contribution in [1.29, 1.82) is 0 Å². The minimum absolute atomic E-state index is 0.316. The fraction of sp³-hybridized carbons (Fsp3) is 0.100. The fourth-order valence-corrected chi connectivity index (χ4v) is 1.53. The van der Waals surface area contributed by atoms with Gasteiger partial charge in [0.2, 0.25) is 6.79 Å². The summed E-state index contributed by atoms with van der Waals surface area (Å²) < 4.78 is 10.6. The van der Waals surface area contributed by atoms with E-state index >= 15 is 0 Å². The van der Waals surface area contributed by atoms with E-state index in [4.69, 9.17) is 9.47 Å². The molecule has 3 rings (SSSR count). The van der Waals surface area contributed by atoms with E-state index in [2.05, 4.69) is 4.98 Å². The Morgan fingerprint density at radius 2 is 2.15 bits per heavy atom. The zero-order valence-corrected chi connectivity index (χ0v) is 6.86. The Hall–Kier alpha value is -1.77. The highest BCUT2D eigenvalue weighted by molar-refractivity contribution is 5.90. The normalized spacial score (nSPS) is 13.5. The van der Waals surface area contributed by atoms with E-state index in [-0.39, 0.29) is 0 Å². The van der Waals surface area contributed by atoms with Gasteiger partial charge in [0.05, 0.1) is 0 Å². The highest BCUT2D eigenvalue weighted by Gasteiger charge is 2.15. The van der Waals surface area contributed by atoms with Crippen LogP contribution in [0.4, 0.5) is 0 Å². The molecule has 0 unspecified atom stereocenters. The van der Waals surface area contributed by atoms with Crippen LogP contribution in [0.3, 0.4) is 0 Å². The highest BCUT2D eigenvalue weighted by atomic mass is 16.7. The Kier molecular flexibility index (Phi) is 1.22. The average molecular weight is 173 g/mol. The minimum Gasteiger partial charge on any atom is -0.454 e. The second-order valence-electron chi connectivity index (χ2n) is 2.90. The Labute approximate surface area is 74.9 Å². The number of fused-ring (bicyclic) bond motifs is 3. The number of hydrogen-bond acceptors (Lipinski definition) is 3. The van der Waals surface area contributed by atoms with Gasteiger partial charge in [0, 0.05) is 23.2 Å². The first-order valence-electron chi connectivity index (χ1n) is 4.07. The maximum Gasteiger partial charge on any atom is 0.231 e. The first kappa shape index (κ1) is 6.71. The molecule has 2 aromatic rings. The number of ether oxygens (including phenoxy) is 2. The summed E-state index contributed by atoms with van der Waals surface area (Å²) in [7, 11) is 0. The lowest BCUT2D eigenvalue weighted by atomic mass is 10.1. The molecule has 0 bridgehead atoms. The van der Waals surface area contributed by atoms with Gasteiger partial charge in [0.15, 0.2) is 11.5 Å². The molecule has 1 aliphatic rings. The van der Waals surface area contributed by atoms with Crippen LogP contribution >= 0.6 is 0 Å². The standard InChI is InChI=1S/C10H7NO2/c1-2-9-10(13-6-12-9)8-3-4-11-5-7(1)8/h1-5H,6H2. The van der Waals surface area contributed by atoms with Gasteiger partial charge >= 0.3 is 0 Å². The molecular formula is C10H7NO2. The third-order valence-corrected chi connectivity index (χ3v) is 2.15. The SMILES string of the molecule is c1cc2c3c(ccc2cn1)OCO3. The maximum atomic E-state index is 5.36. The molecule has 13 heavy (non-hydrogen) atoms. The van der Waals surface area contributed by atoms with Crippen molar-refractivity contribution in [3.8, 4) is 11.5 Å². The zero-order chi connectivity index (χ0) is 8.67. The van der Waals surface area contributed by atoms with Gasteiger partial charge in [-0.05, 0) is 18.2 Å². The second kappa shape index (κ2) is 2.36. The second-order valence-corrected chi connectivity index (χ2v) is 2.90. The monoisotopic (exact) mass is 173 g/mol. The van der Waals surface area contributed by atoms with Crippen LogP contribution in [-0.4, -0.2) is 11.8 Å². The molecule has 3 nitrogen and oxygen atoms in total. The summed E-state index contributed by atoms with van der Waals surface area (Å²) in [6, 6.07) is 5.82. The zero-order valence-electron chi connectivity index (χ0n) is 6.86. The van der Waals surface area contributed by atoms with Crippen molar-refractivity contribution in [3.05, 3.63) is 30.6 Å². The summed E-state index contributed by atoms with van der Waals surface area (Å²) in [5.41, 5.74) is 0. The molecule has 3 heteroatoms. The third-order valence-electron chi connectivity index (χ3n) is 2.15. The van der Waals surface area contributed by atoms with Crippen molar-refractivity contribution >= 4 is 10.8 Å². The smallest absolute Gasteiger partial charge is 0.231 e. The number of benzene rings is 1. The molecule has 0 N–H and O–H groups in total. The van der Waals surface area contributed by atoms with E-state index in [1.807, 2.05) is 24.4 Å². The van der Waals surface area contributed by atoms with Crippen molar-refractivity contribution in [2.45, 2.75) is 0 Å². The van der Waals surface area contributed by atoms with Gasteiger partial charge in [-0.25, -0.2) is 0 Å². The summed E-state index contributed by atoms with van der Waals surface area (Å²) in [6.07, 6.45) is 3.57. The average Bonchev–Trinajstić information content (AvgIpc) is 2.65. The third kappa shape index (κ3) is 0.869. The fourth-order valence-electron chi connectivity index (χ4n) is 1.53. The first-order valence-corrected chi connectivity index (χ1v) is 4.07. The number of pyridine rings is 1. The molecule has 1 aromatic carbocycles. The molecule has 0 saturated heterocycles. The molecule has 0 amide bonds. The van der Waals surface area contributed by atoms with E-state index in [1.54, 1.807) is 6.20 Å². The summed E-state index contributed by atoms with van der Waals surface area (Å²) in [6.45, 7) is 0.316. The van der Waals surface area contributed by atoms with Crippen molar-refractivity contribution in [3.63, 3.8) is 0 Å². The molecule has 1 aliphatic heterocycles. The van der Waals surface area contributed by atoms with E-state index in [9.17, 15) is 0 Å². The minimum atomic E-state index is 0.316. The van der Waals surface area contributed by atoms with Crippen molar-refractivity contribution in [2.24, 2.45) is 0 Å². The number of hydrogen-bond donors (Lipinski definition) is 0. The Bertz CT molecular complexity index is 467. The lowest BCUT2D eigenvalue weighted by Crippen LogP contribution is -1.93. The molecule has 0 fully saturated rings. The summed E-state index contributed by atoms with van der Waals surface area (Å²) in [5, 5.41) is 2.14. The van der Waals surface area contributed by atoms with Crippen LogP contribution in [-0.2, 0) is 0 Å². The van der Waals surface area contributed by atoms with Crippen LogP contribution < -0.4 is 9.47 Å². The van der Waals surface area contributed by atoms with E-state index < -0.39 is 0 Å². The number of rotatable bonds is 0. The number of aromatic nitrogens is 1. The predicted octanol–water partition coefficient (Wildman–Crippen LogP) is 1.96. The van der Waals surface area contributed by atoms with Crippen molar-refractivity contribution in [2.75, 3.05) is 6.79 Å². The van der Waals surface area contributed by atoms with Gasteiger partial charge in [-0.1, -0.05) is 0 Å². The molecule has 0 atom stereocenters. The Balaban J connectivity index is 2.43. The Morgan fingerprint density at radius 3 is 3.15 bits per heavy atom. The lowest BCUT2D eigenvalue weighted by Gasteiger charge is -2.00. The molecular weight excluding hydrogens is 166 g/mol. The molecule has 2 heterocycles. The van der Waals surface area contributed by atoms with Gasteiger partial charge in [-0.15, -0.1) is 0 Å². The van der Waals surface area contributed by atoms with Crippen LogP contribution in [0.15, 0.2) is 30.6 Å². The summed E-state index contributed by atoms with van der Waals surface area (Å²) >= 11 is 0. The predicted molar refractivity (Wildman–Crippen MR) is 47.9 cm³/mol. The van der Waals surface area contributed by atoms with Gasteiger partial charge in [-0.2, -0.15) is 0 Å². The van der Waals surface area contributed by atoms with Crippen molar-refractivity contribution < 1.29 is 9.47 Å². The van der Waals surface area contributed by atoms with E-state index in [0.717, 1.165) is 22.3 Å².